The Labute approximate surface area is 171 Å². The van der Waals surface area contributed by atoms with Gasteiger partial charge in [0.1, 0.15) is 11.8 Å². The first kappa shape index (κ1) is 19.4. The van der Waals surface area contributed by atoms with Crippen LogP contribution in [0, 0.1) is 11.3 Å². The number of rotatable bonds is 6. The Balaban J connectivity index is 1.37. The lowest BCUT2D eigenvalue weighted by Crippen LogP contribution is -2.29. The van der Waals surface area contributed by atoms with E-state index < -0.39 is 0 Å². The maximum Gasteiger partial charge on any atom is 0.233 e. The van der Waals surface area contributed by atoms with Crippen LogP contribution in [0.1, 0.15) is 48.9 Å². The van der Waals surface area contributed by atoms with E-state index in [0.29, 0.717) is 30.3 Å². The third kappa shape index (κ3) is 4.41. The molecule has 1 unspecified atom stereocenters. The van der Waals surface area contributed by atoms with Crippen molar-refractivity contribution < 1.29 is 9.53 Å². The van der Waals surface area contributed by atoms with Crippen LogP contribution in [-0.2, 0) is 11.2 Å². The van der Waals surface area contributed by atoms with Crippen molar-refractivity contribution in [3.8, 4) is 11.8 Å². The van der Waals surface area contributed by atoms with Crippen molar-refractivity contribution in [3.63, 3.8) is 0 Å². The maximum atomic E-state index is 12.5. The second-order valence-corrected chi connectivity index (χ2v) is 7.88. The summed E-state index contributed by atoms with van der Waals surface area (Å²) in [6, 6.07) is 12.0. The van der Waals surface area contributed by atoms with Gasteiger partial charge in [0, 0.05) is 24.5 Å². The number of anilines is 1. The van der Waals surface area contributed by atoms with Gasteiger partial charge >= 0.3 is 0 Å². The van der Waals surface area contributed by atoms with Crippen LogP contribution >= 0.6 is 0 Å². The number of benzene rings is 1. The van der Waals surface area contributed by atoms with Crippen LogP contribution < -0.4 is 10.1 Å². The number of hydrogen-bond acceptors (Lipinski definition) is 5. The highest BCUT2D eigenvalue weighted by molar-refractivity contribution is 5.98. The molecule has 0 spiro atoms. The van der Waals surface area contributed by atoms with E-state index in [2.05, 4.69) is 28.2 Å². The van der Waals surface area contributed by atoms with Crippen molar-refractivity contribution in [1.82, 2.24) is 9.88 Å². The van der Waals surface area contributed by atoms with Gasteiger partial charge in [0.25, 0.3) is 0 Å². The molecule has 0 aliphatic carbocycles. The summed E-state index contributed by atoms with van der Waals surface area (Å²) in [5.41, 5.74) is 3.05. The lowest BCUT2D eigenvalue weighted by atomic mass is 9.90. The molecule has 2 aliphatic rings. The monoisotopic (exact) mass is 390 g/mol. The molecule has 2 aliphatic heterocycles. The number of amides is 1. The number of hydrogen-bond donors (Lipinski definition) is 1. The summed E-state index contributed by atoms with van der Waals surface area (Å²) in [6.07, 6.45) is 5.69. The molecule has 1 N–H and O–H groups in total. The van der Waals surface area contributed by atoms with Gasteiger partial charge in [0.2, 0.25) is 5.91 Å². The molecular weight excluding hydrogens is 364 g/mol. The predicted molar refractivity (Wildman–Crippen MR) is 111 cm³/mol. The molecule has 29 heavy (non-hydrogen) atoms. The molecule has 4 rings (SSSR count). The third-order valence-corrected chi connectivity index (χ3v) is 5.90. The number of likely N-dealkylation sites (tertiary alicyclic amines) is 1. The number of ether oxygens (including phenoxy) is 1. The zero-order chi connectivity index (χ0) is 20.2. The van der Waals surface area contributed by atoms with Crippen molar-refractivity contribution in [2.24, 2.45) is 0 Å². The summed E-state index contributed by atoms with van der Waals surface area (Å²) >= 11 is 0. The highest BCUT2D eigenvalue weighted by atomic mass is 16.5. The van der Waals surface area contributed by atoms with Gasteiger partial charge in [-0.15, -0.1) is 0 Å². The summed E-state index contributed by atoms with van der Waals surface area (Å²) in [6.45, 7) is 5.26. The van der Waals surface area contributed by atoms with Crippen LogP contribution in [0.2, 0.25) is 0 Å². The maximum absolute atomic E-state index is 12.5. The van der Waals surface area contributed by atoms with E-state index in [1.807, 2.05) is 18.2 Å². The fourth-order valence-corrected chi connectivity index (χ4v) is 4.18. The number of carbonyl (C=O) groups is 1. The molecular formula is C23H26N4O2. The minimum absolute atomic E-state index is 0.0666. The largest absolute Gasteiger partial charge is 0.494 e. The number of nitrogens with one attached hydrogen (secondary N) is 1. The molecule has 1 fully saturated rings. The molecule has 1 aromatic carbocycles. The van der Waals surface area contributed by atoms with Crippen molar-refractivity contribution >= 4 is 11.6 Å². The molecule has 1 aromatic heterocycles. The van der Waals surface area contributed by atoms with E-state index in [1.165, 1.54) is 25.6 Å². The van der Waals surface area contributed by atoms with Gasteiger partial charge in [0.05, 0.1) is 23.8 Å². The molecule has 6 heteroatoms. The lowest BCUT2D eigenvalue weighted by molar-refractivity contribution is -0.117. The Hall–Kier alpha value is -2.91. The Morgan fingerprint density at radius 1 is 1.34 bits per heavy atom. The summed E-state index contributed by atoms with van der Waals surface area (Å²) in [5, 5.41) is 11.9. The van der Waals surface area contributed by atoms with E-state index >= 15 is 0 Å². The van der Waals surface area contributed by atoms with E-state index in [1.54, 1.807) is 12.1 Å². The number of pyridine rings is 1. The topological polar surface area (TPSA) is 78.2 Å². The Kier molecular flexibility index (Phi) is 5.77. The average molecular weight is 390 g/mol. The molecule has 6 nitrogen and oxygen atoms in total. The van der Waals surface area contributed by atoms with Gasteiger partial charge < -0.3 is 15.0 Å². The minimum Gasteiger partial charge on any atom is -0.494 e. The summed E-state index contributed by atoms with van der Waals surface area (Å²) in [4.78, 5) is 19.3. The quantitative estimate of drug-likeness (QED) is 0.764. The third-order valence-electron chi connectivity index (χ3n) is 5.90. The predicted octanol–water partition coefficient (Wildman–Crippen LogP) is 3.48. The molecule has 0 bridgehead atoms. The van der Waals surface area contributed by atoms with Crippen LogP contribution in [0.25, 0.3) is 0 Å². The molecule has 0 radical (unpaired) electrons. The first-order valence-electron chi connectivity index (χ1n) is 10.3. The summed E-state index contributed by atoms with van der Waals surface area (Å²) in [5.74, 6) is 0.408. The fourth-order valence-electron chi connectivity index (χ4n) is 4.18. The first-order valence-corrected chi connectivity index (χ1v) is 10.3. The molecule has 1 amide bonds. The number of fused-ring (bicyclic) bond motifs is 1. The number of carbonyl (C=O) groups excluding carboxylic acids is 1. The highest BCUT2D eigenvalue weighted by Gasteiger charge is 2.29. The standard InChI is InChI=1S/C23H26N4O2/c1-16-4-2-9-27(16)10-3-11-29-19-6-8-21-18(12-19)13-20(23(28)26-21)22-7-5-17(14-24)15-25-22/h5-8,12,15-16,20H,2-4,9-11,13H2,1H3,(H,26,28)/t16-,20?/m1/s1. The SMILES string of the molecule is C[C@@H]1CCCN1CCCOc1ccc2c(c1)CC(c1ccc(C#N)cn1)C(=O)N2. The first-order chi connectivity index (χ1) is 14.1. The van der Waals surface area contributed by atoms with Gasteiger partial charge in [-0.05, 0) is 75.0 Å². The Morgan fingerprint density at radius 2 is 2.24 bits per heavy atom. The van der Waals surface area contributed by atoms with Gasteiger partial charge in [-0.1, -0.05) is 0 Å². The van der Waals surface area contributed by atoms with Crippen molar-refractivity contribution in [1.29, 1.82) is 5.26 Å². The van der Waals surface area contributed by atoms with Crippen LogP contribution in [0.15, 0.2) is 36.5 Å². The van der Waals surface area contributed by atoms with E-state index in [4.69, 9.17) is 10.00 Å². The molecule has 2 atom stereocenters. The zero-order valence-corrected chi connectivity index (χ0v) is 16.7. The van der Waals surface area contributed by atoms with Gasteiger partial charge in [-0.25, -0.2) is 0 Å². The molecule has 2 aromatic rings. The van der Waals surface area contributed by atoms with E-state index in [9.17, 15) is 4.79 Å². The van der Waals surface area contributed by atoms with Crippen molar-refractivity contribution in [2.75, 3.05) is 25.0 Å². The number of aromatic nitrogens is 1. The number of nitriles is 1. The molecule has 1 saturated heterocycles. The van der Waals surface area contributed by atoms with Crippen molar-refractivity contribution in [2.45, 2.75) is 44.6 Å². The van der Waals surface area contributed by atoms with Gasteiger partial charge in [-0.2, -0.15) is 5.26 Å². The average Bonchev–Trinajstić information content (AvgIpc) is 3.15. The smallest absolute Gasteiger partial charge is 0.233 e. The minimum atomic E-state index is -0.359. The summed E-state index contributed by atoms with van der Waals surface area (Å²) in [7, 11) is 0. The zero-order valence-electron chi connectivity index (χ0n) is 16.7. The second kappa shape index (κ2) is 8.62. The summed E-state index contributed by atoms with van der Waals surface area (Å²) < 4.78 is 5.97. The van der Waals surface area contributed by atoms with Crippen molar-refractivity contribution in [3.05, 3.63) is 53.3 Å². The van der Waals surface area contributed by atoms with Gasteiger partial charge in [0.15, 0.2) is 0 Å². The van der Waals surface area contributed by atoms with Crippen LogP contribution in [0.3, 0.4) is 0 Å². The van der Waals surface area contributed by atoms with E-state index in [0.717, 1.165) is 30.0 Å². The van der Waals surface area contributed by atoms with E-state index in [-0.39, 0.29) is 11.8 Å². The fraction of sp³-hybridized carbons (Fsp3) is 0.435. The molecule has 150 valence electrons. The van der Waals surface area contributed by atoms with Gasteiger partial charge in [-0.3, -0.25) is 9.78 Å². The van der Waals surface area contributed by atoms with Crippen LogP contribution in [0.5, 0.6) is 5.75 Å². The normalized spacial score (nSPS) is 21.3. The lowest BCUT2D eigenvalue weighted by Gasteiger charge is -2.25. The van der Waals surface area contributed by atoms with Crippen LogP contribution in [-0.4, -0.2) is 41.5 Å². The second-order valence-electron chi connectivity index (χ2n) is 7.88. The number of nitrogens with zero attached hydrogens (tertiary/aromatic N) is 3. The Morgan fingerprint density at radius 3 is 2.97 bits per heavy atom. The van der Waals surface area contributed by atoms with Crippen LogP contribution in [0.4, 0.5) is 5.69 Å². The molecule has 3 heterocycles. The molecule has 0 saturated carbocycles. The Bertz CT molecular complexity index is 919. The highest BCUT2D eigenvalue weighted by Crippen LogP contribution is 2.33.